The number of hydrogen-bond donors (Lipinski definition) is 2. The van der Waals surface area contributed by atoms with Gasteiger partial charge in [0.25, 0.3) is 0 Å². The number of terminal acetylenes is 1. The van der Waals surface area contributed by atoms with E-state index in [1.807, 2.05) is 0 Å². The Morgan fingerprint density at radius 2 is 1.85 bits per heavy atom. The highest BCUT2D eigenvalue weighted by Crippen LogP contribution is 2.43. The van der Waals surface area contributed by atoms with Crippen molar-refractivity contribution in [1.82, 2.24) is 25.3 Å². The molecule has 54 heavy (non-hydrogen) atoms. The van der Waals surface area contributed by atoms with Gasteiger partial charge < -0.3 is 19.8 Å². The maximum atomic E-state index is 5.81. The summed E-state index contributed by atoms with van der Waals surface area (Å²) in [6.07, 6.45) is 28.5. The summed E-state index contributed by atoms with van der Waals surface area (Å²) in [6, 6.07) is 9.53. The first-order chi connectivity index (χ1) is 26.0. The van der Waals surface area contributed by atoms with Gasteiger partial charge in [-0.15, -0.1) is 12.3 Å². The number of hydrazine groups is 1. The van der Waals surface area contributed by atoms with Gasteiger partial charge in [0.2, 0.25) is 0 Å². The second-order valence-electron chi connectivity index (χ2n) is 16.1. The minimum absolute atomic E-state index is 0.0423. The lowest BCUT2D eigenvalue weighted by Crippen LogP contribution is -2.44. The monoisotopic (exact) mass is 731 g/mol. The van der Waals surface area contributed by atoms with Gasteiger partial charge in [-0.05, 0) is 107 Å². The molecule has 0 radical (unpaired) electrons. The fraction of sp³-hybridized carbons (Fsp3) is 0.521. The van der Waals surface area contributed by atoms with Crippen LogP contribution in [0.15, 0.2) is 72.6 Å². The summed E-state index contributed by atoms with van der Waals surface area (Å²) in [6.45, 7) is 25.8. The molecule has 0 aliphatic carbocycles. The largest absolute Gasteiger partial charge is 0.368 e. The van der Waals surface area contributed by atoms with Gasteiger partial charge in [-0.1, -0.05) is 88.6 Å². The number of pyridine rings is 1. The third-order valence-corrected chi connectivity index (χ3v) is 11.3. The number of fused-ring (bicyclic) bond motifs is 1. The van der Waals surface area contributed by atoms with E-state index in [0.29, 0.717) is 5.92 Å². The van der Waals surface area contributed by atoms with Crippen LogP contribution in [0, 0.1) is 17.8 Å². The Kier molecular flexibility index (Phi) is 16.7. The van der Waals surface area contributed by atoms with Crippen molar-refractivity contribution in [3.8, 4) is 23.6 Å². The highest BCUT2D eigenvalue weighted by atomic mass is 15.3. The zero-order chi connectivity index (χ0) is 39.1. The van der Waals surface area contributed by atoms with Gasteiger partial charge in [0, 0.05) is 68.4 Å². The Morgan fingerprint density at radius 3 is 2.54 bits per heavy atom. The predicted molar refractivity (Wildman–Crippen MR) is 236 cm³/mol. The van der Waals surface area contributed by atoms with E-state index in [9.17, 15) is 0 Å². The Balaban J connectivity index is 1.73. The third-order valence-electron chi connectivity index (χ3n) is 11.3. The zero-order valence-electron chi connectivity index (χ0n) is 35.0. The summed E-state index contributed by atoms with van der Waals surface area (Å²) in [5.41, 5.74) is 17.8. The molecular weight excluding hydrogens is 661 g/mol. The van der Waals surface area contributed by atoms with Crippen molar-refractivity contribution in [3.05, 3.63) is 89.4 Å². The van der Waals surface area contributed by atoms with Crippen molar-refractivity contribution >= 4 is 22.7 Å². The highest BCUT2D eigenvalue weighted by molar-refractivity contribution is 5.94. The second-order valence-corrected chi connectivity index (χ2v) is 16.1. The van der Waals surface area contributed by atoms with Gasteiger partial charge in [0.05, 0.1) is 23.3 Å². The van der Waals surface area contributed by atoms with Crippen molar-refractivity contribution in [2.75, 3.05) is 44.7 Å². The number of allylic oxidation sites excluding steroid dienone is 5. The topological polar surface area (TPSA) is 48.4 Å². The van der Waals surface area contributed by atoms with Crippen molar-refractivity contribution in [1.29, 1.82) is 0 Å². The first-order valence-corrected chi connectivity index (χ1v) is 20.7. The van der Waals surface area contributed by atoms with Crippen molar-refractivity contribution in [3.63, 3.8) is 0 Å². The fourth-order valence-electron chi connectivity index (χ4n) is 7.72. The average molecular weight is 731 g/mol. The molecule has 1 aliphatic rings. The van der Waals surface area contributed by atoms with Crippen LogP contribution in [0.3, 0.4) is 0 Å². The van der Waals surface area contributed by atoms with Crippen molar-refractivity contribution in [2.24, 2.45) is 5.41 Å². The standard InChI is InChI=1S/C48H70N6/c1-11-16-26-48(8,9)35-44-42-33-40(23-22-37(6)32-39(13-3)21-19-17-18-20-27-51-50-14-4)24-25-45(42)54(15-5)47(44)43-34-41(36-49-46(43)38(7)12-2)53-30-28-52(10)29-31-53/h1,13-14,22-25,32-34,36,38,50-51H,4,12,15-21,26-31,35H2,2-3,5-10H3/b23-22+,37-32-,39-13-. The minimum atomic E-state index is 0.0423. The summed E-state index contributed by atoms with van der Waals surface area (Å²) >= 11 is 0. The summed E-state index contributed by atoms with van der Waals surface area (Å²) in [5.74, 6) is 3.27. The van der Waals surface area contributed by atoms with Crippen LogP contribution < -0.4 is 15.8 Å². The number of hydrogen-bond acceptors (Lipinski definition) is 5. The van der Waals surface area contributed by atoms with Crippen LogP contribution in [0.1, 0.15) is 123 Å². The normalized spacial score (nSPS) is 15.3. The van der Waals surface area contributed by atoms with E-state index in [1.165, 1.54) is 81.5 Å². The summed E-state index contributed by atoms with van der Waals surface area (Å²) < 4.78 is 2.56. The molecule has 0 bridgehead atoms. The molecular formula is C48H70N6. The quantitative estimate of drug-likeness (QED) is 0.0495. The van der Waals surface area contributed by atoms with E-state index in [0.717, 1.165) is 71.4 Å². The van der Waals surface area contributed by atoms with Crippen LogP contribution in [0.4, 0.5) is 5.69 Å². The Labute approximate surface area is 328 Å². The van der Waals surface area contributed by atoms with E-state index >= 15 is 0 Å². The number of rotatable bonds is 21. The van der Waals surface area contributed by atoms with Crippen LogP contribution in [0.5, 0.6) is 0 Å². The lowest BCUT2D eigenvalue weighted by Gasteiger charge is -2.34. The Morgan fingerprint density at radius 1 is 1.09 bits per heavy atom. The molecule has 0 spiro atoms. The first-order valence-electron chi connectivity index (χ1n) is 20.7. The molecule has 0 saturated carbocycles. The number of unbranched alkanes of at least 4 members (excludes halogenated alkanes) is 3. The molecule has 0 amide bonds. The summed E-state index contributed by atoms with van der Waals surface area (Å²) in [5, 5.41) is 1.34. The van der Waals surface area contributed by atoms with Gasteiger partial charge in [-0.25, -0.2) is 5.43 Å². The zero-order valence-corrected chi connectivity index (χ0v) is 35.0. The van der Waals surface area contributed by atoms with Crippen LogP contribution in [-0.4, -0.2) is 54.2 Å². The molecule has 1 saturated heterocycles. The minimum Gasteiger partial charge on any atom is -0.368 e. The van der Waals surface area contributed by atoms with Crippen LogP contribution >= 0.6 is 0 Å². The first kappa shape index (κ1) is 42.7. The smallest absolute Gasteiger partial charge is 0.0560 e. The van der Waals surface area contributed by atoms with Crippen LogP contribution in [0.2, 0.25) is 0 Å². The molecule has 1 aliphatic heterocycles. The van der Waals surface area contributed by atoms with E-state index in [2.05, 4.69) is 148 Å². The number of nitrogens with one attached hydrogen (secondary N) is 2. The molecule has 4 rings (SSSR count). The third kappa shape index (κ3) is 11.7. The molecule has 1 atom stereocenters. The van der Waals surface area contributed by atoms with E-state index < -0.39 is 0 Å². The van der Waals surface area contributed by atoms with Gasteiger partial charge in [0.15, 0.2) is 0 Å². The molecule has 1 aromatic carbocycles. The van der Waals surface area contributed by atoms with Gasteiger partial charge >= 0.3 is 0 Å². The maximum absolute atomic E-state index is 5.81. The molecule has 292 valence electrons. The van der Waals surface area contributed by atoms with Crippen LogP contribution in [0.25, 0.3) is 28.2 Å². The molecule has 2 N–H and O–H groups in total. The summed E-state index contributed by atoms with van der Waals surface area (Å²) in [7, 11) is 2.22. The lowest BCUT2D eigenvalue weighted by atomic mass is 9.80. The Hall–Kier alpha value is -4.05. The number of anilines is 1. The van der Waals surface area contributed by atoms with E-state index in [4.69, 9.17) is 11.4 Å². The summed E-state index contributed by atoms with van der Waals surface area (Å²) in [4.78, 5) is 10.2. The van der Waals surface area contributed by atoms with Crippen molar-refractivity contribution in [2.45, 2.75) is 119 Å². The number of likely N-dealkylation sites (N-methyl/N-ethyl adjacent to an activating group) is 1. The van der Waals surface area contributed by atoms with Gasteiger partial charge in [-0.3, -0.25) is 4.98 Å². The highest BCUT2D eigenvalue weighted by Gasteiger charge is 2.28. The molecule has 3 aromatic rings. The fourth-order valence-corrected chi connectivity index (χ4v) is 7.72. The predicted octanol–water partition coefficient (Wildman–Crippen LogP) is 11.1. The second kappa shape index (κ2) is 21.1. The molecule has 1 unspecified atom stereocenters. The molecule has 6 heteroatoms. The number of nitrogens with zero attached hydrogens (tertiary/aromatic N) is 4. The average Bonchev–Trinajstić information content (AvgIpc) is 3.47. The number of aromatic nitrogens is 2. The number of aryl methyl sites for hydroxylation is 1. The van der Waals surface area contributed by atoms with E-state index in [-0.39, 0.29) is 5.41 Å². The number of benzene rings is 1. The van der Waals surface area contributed by atoms with Gasteiger partial charge in [-0.2, -0.15) is 0 Å². The number of piperazine rings is 1. The molecule has 1 fully saturated rings. The molecule has 6 nitrogen and oxygen atoms in total. The molecule has 3 heterocycles. The maximum Gasteiger partial charge on any atom is 0.0560 e. The molecule has 2 aromatic heterocycles. The van der Waals surface area contributed by atoms with Crippen LogP contribution in [-0.2, 0) is 13.0 Å². The Bertz CT molecular complexity index is 1790. The van der Waals surface area contributed by atoms with Gasteiger partial charge in [0.1, 0.15) is 0 Å². The van der Waals surface area contributed by atoms with Crippen molar-refractivity contribution < 1.29 is 0 Å². The van der Waals surface area contributed by atoms with E-state index in [1.54, 1.807) is 6.20 Å². The lowest BCUT2D eigenvalue weighted by molar-refractivity contribution is 0.313. The SMILES string of the molecule is C#CCCC(C)(C)Cc1c(-c2cc(N3CCN(C)CC3)cnc2C(C)CC)n(CC)c2ccc(/C=C/C(C)=C\C(=C/C)CCCCCCNNC=C)cc12.